The Morgan fingerprint density at radius 3 is 2.56 bits per heavy atom. The maximum Gasteiger partial charge on any atom is 0.101 e. The van der Waals surface area contributed by atoms with Gasteiger partial charge >= 0.3 is 0 Å². The standard InChI is InChI=1S/C7H13FO/c1-5-4-6(8)2-3-7(5)9/h5-7,9H,2-4H2,1H3. The highest BCUT2D eigenvalue weighted by molar-refractivity contribution is 4.76. The van der Waals surface area contributed by atoms with Gasteiger partial charge in [-0.05, 0) is 25.2 Å². The van der Waals surface area contributed by atoms with E-state index in [0.717, 1.165) is 0 Å². The van der Waals surface area contributed by atoms with Crippen molar-refractivity contribution in [3.63, 3.8) is 0 Å². The fraction of sp³-hybridized carbons (Fsp3) is 1.00. The first-order valence-corrected chi connectivity index (χ1v) is 3.52. The Kier molecular flexibility index (Phi) is 2.06. The Balaban J connectivity index is 2.35. The van der Waals surface area contributed by atoms with E-state index in [0.29, 0.717) is 19.3 Å². The third kappa shape index (κ3) is 1.65. The molecule has 0 radical (unpaired) electrons. The molecule has 0 aromatic heterocycles. The number of rotatable bonds is 0. The summed E-state index contributed by atoms with van der Waals surface area (Å²) in [6, 6.07) is 0. The summed E-state index contributed by atoms with van der Waals surface area (Å²) in [4.78, 5) is 0. The molecule has 1 nitrogen and oxygen atoms in total. The molecule has 9 heavy (non-hydrogen) atoms. The fourth-order valence-corrected chi connectivity index (χ4v) is 1.31. The Morgan fingerprint density at radius 1 is 1.44 bits per heavy atom. The molecule has 0 amide bonds. The van der Waals surface area contributed by atoms with Crippen molar-refractivity contribution in [1.29, 1.82) is 0 Å². The monoisotopic (exact) mass is 132 g/mol. The lowest BCUT2D eigenvalue weighted by atomic mass is 9.87. The molecule has 0 bridgehead atoms. The van der Waals surface area contributed by atoms with Crippen LogP contribution in [0, 0.1) is 5.92 Å². The highest BCUT2D eigenvalue weighted by Crippen LogP contribution is 2.25. The molecule has 1 aliphatic rings. The minimum Gasteiger partial charge on any atom is -0.393 e. The van der Waals surface area contributed by atoms with Crippen molar-refractivity contribution in [2.75, 3.05) is 0 Å². The van der Waals surface area contributed by atoms with Gasteiger partial charge in [-0.1, -0.05) is 6.92 Å². The summed E-state index contributed by atoms with van der Waals surface area (Å²) in [5.41, 5.74) is 0. The molecule has 0 saturated heterocycles. The van der Waals surface area contributed by atoms with Crippen LogP contribution in [0.1, 0.15) is 26.2 Å². The molecule has 54 valence electrons. The molecule has 3 atom stereocenters. The van der Waals surface area contributed by atoms with Gasteiger partial charge in [0.1, 0.15) is 6.17 Å². The van der Waals surface area contributed by atoms with Crippen molar-refractivity contribution in [3.8, 4) is 0 Å². The van der Waals surface area contributed by atoms with Gasteiger partial charge in [-0.2, -0.15) is 0 Å². The topological polar surface area (TPSA) is 20.2 Å². The van der Waals surface area contributed by atoms with E-state index in [2.05, 4.69) is 0 Å². The van der Waals surface area contributed by atoms with Crippen LogP contribution < -0.4 is 0 Å². The largest absolute Gasteiger partial charge is 0.393 e. The van der Waals surface area contributed by atoms with Gasteiger partial charge in [-0.15, -0.1) is 0 Å². The molecule has 0 heterocycles. The Hall–Kier alpha value is -0.110. The number of halogens is 1. The molecule has 1 saturated carbocycles. The lowest BCUT2D eigenvalue weighted by Gasteiger charge is -2.26. The van der Waals surface area contributed by atoms with Crippen molar-refractivity contribution in [3.05, 3.63) is 0 Å². The van der Waals surface area contributed by atoms with Crippen LogP contribution in [0.25, 0.3) is 0 Å². The van der Waals surface area contributed by atoms with Crippen LogP contribution >= 0.6 is 0 Å². The number of hydrogen-bond donors (Lipinski definition) is 1. The summed E-state index contributed by atoms with van der Waals surface area (Å²) in [5.74, 6) is 0.161. The molecule has 0 aromatic carbocycles. The van der Waals surface area contributed by atoms with Crippen LogP contribution in [0.2, 0.25) is 0 Å². The maximum atomic E-state index is 12.5. The van der Waals surface area contributed by atoms with E-state index in [1.165, 1.54) is 0 Å². The quantitative estimate of drug-likeness (QED) is 0.529. The van der Waals surface area contributed by atoms with Gasteiger partial charge in [0.05, 0.1) is 6.10 Å². The van der Waals surface area contributed by atoms with E-state index in [9.17, 15) is 4.39 Å². The average molecular weight is 132 g/mol. The minimum absolute atomic E-state index is 0.161. The van der Waals surface area contributed by atoms with Crippen LogP contribution in [-0.4, -0.2) is 17.4 Å². The zero-order valence-corrected chi connectivity index (χ0v) is 5.68. The second-order valence-electron chi connectivity index (χ2n) is 2.95. The third-order valence-electron chi connectivity index (χ3n) is 2.06. The lowest BCUT2D eigenvalue weighted by molar-refractivity contribution is 0.0458. The van der Waals surface area contributed by atoms with Crippen molar-refractivity contribution in [2.45, 2.75) is 38.5 Å². The van der Waals surface area contributed by atoms with Crippen LogP contribution in [-0.2, 0) is 0 Å². The highest BCUT2D eigenvalue weighted by atomic mass is 19.1. The van der Waals surface area contributed by atoms with Crippen molar-refractivity contribution < 1.29 is 9.50 Å². The summed E-state index contributed by atoms with van der Waals surface area (Å²) in [7, 11) is 0. The average Bonchev–Trinajstić information content (AvgIpc) is 1.80. The van der Waals surface area contributed by atoms with Gasteiger partial charge in [-0.3, -0.25) is 0 Å². The smallest absolute Gasteiger partial charge is 0.101 e. The minimum atomic E-state index is -0.664. The molecule has 0 aromatic rings. The van der Waals surface area contributed by atoms with Crippen LogP contribution in [0.4, 0.5) is 4.39 Å². The zero-order chi connectivity index (χ0) is 6.85. The predicted octanol–water partition coefficient (Wildman–Crippen LogP) is 1.51. The Morgan fingerprint density at radius 2 is 2.11 bits per heavy atom. The molecule has 0 spiro atoms. The molecule has 1 aliphatic carbocycles. The van der Waals surface area contributed by atoms with Gasteiger partial charge in [0.25, 0.3) is 0 Å². The van der Waals surface area contributed by atoms with Crippen LogP contribution in [0.15, 0.2) is 0 Å². The Bertz CT molecular complexity index is 94.9. The maximum absolute atomic E-state index is 12.5. The number of alkyl halides is 1. The van der Waals surface area contributed by atoms with Gasteiger partial charge in [0, 0.05) is 0 Å². The van der Waals surface area contributed by atoms with Gasteiger partial charge < -0.3 is 5.11 Å². The first-order chi connectivity index (χ1) is 4.20. The molecule has 1 N–H and O–H groups in total. The molecular weight excluding hydrogens is 119 g/mol. The van der Waals surface area contributed by atoms with E-state index in [-0.39, 0.29) is 12.0 Å². The summed E-state index contributed by atoms with van der Waals surface area (Å²) < 4.78 is 12.5. The second kappa shape index (κ2) is 2.65. The Labute approximate surface area is 54.9 Å². The normalized spacial score (nSPS) is 45.0. The van der Waals surface area contributed by atoms with Crippen LogP contribution in [0.3, 0.4) is 0 Å². The fourth-order valence-electron chi connectivity index (χ4n) is 1.31. The molecular formula is C7H13FO. The van der Waals surface area contributed by atoms with Crippen molar-refractivity contribution in [2.24, 2.45) is 5.92 Å². The summed E-state index contributed by atoms with van der Waals surface area (Å²) in [5, 5.41) is 9.13. The van der Waals surface area contributed by atoms with E-state index in [1.54, 1.807) is 0 Å². The van der Waals surface area contributed by atoms with Crippen LogP contribution in [0.5, 0.6) is 0 Å². The SMILES string of the molecule is CC1CC(F)CCC1O. The van der Waals surface area contributed by atoms with Crippen molar-refractivity contribution >= 4 is 0 Å². The van der Waals surface area contributed by atoms with E-state index < -0.39 is 6.17 Å². The van der Waals surface area contributed by atoms with Gasteiger partial charge in [0.2, 0.25) is 0 Å². The van der Waals surface area contributed by atoms with E-state index >= 15 is 0 Å². The molecule has 2 heteroatoms. The number of aliphatic hydroxyl groups is 1. The molecule has 1 rings (SSSR count). The first kappa shape index (κ1) is 7.00. The zero-order valence-electron chi connectivity index (χ0n) is 5.68. The second-order valence-corrected chi connectivity index (χ2v) is 2.95. The van der Waals surface area contributed by atoms with E-state index in [4.69, 9.17) is 5.11 Å². The summed E-state index contributed by atoms with van der Waals surface area (Å²) >= 11 is 0. The highest BCUT2D eigenvalue weighted by Gasteiger charge is 2.25. The third-order valence-corrected chi connectivity index (χ3v) is 2.06. The first-order valence-electron chi connectivity index (χ1n) is 3.52. The van der Waals surface area contributed by atoms with Gasteiger partial charge in [0.15, 0.2) is 0 Å². The molecule has 1 fully saturated rings. The molecule has 0 aliphatic heterocycles. The van der Waals surface area contributed by atoms with Gasteiger partial charge in [-0.25, -0.2) is 4.39 Å². The lowest BCUT2D eigenvalue weighted by Crippen LogP contribution is -2.27. The number of aliphatic hydroxyl groups excluding tert-OH is 1. The molecule has 3 unspecified atom stereocenters. The number of hydrogen-bond acceptors (Lipinski definition) is 1. The predicted molar refractivity (Wildman–Crippen MR) is 33.9 cm³/mol. The summed E-state index contributed by atoms with van der Waals surface area (Å²) in [6.07, 6.45) is 0.815. The summed E-state index contributed by atoms with van der Waals surface area (Å²) in [6.45, 7) is 1.90. The van der Waals surface area contributed by atoms with Crippen molar-refractivity contribution in [1.82, 2.24) is 0 Å². The van der Waals surface area contributed by atoms with E-state index in [1.807, 2.05) is 6.92 Å².